The van der Waals surface area contributed by atoms with Crippen LogP contribution in [0.4, 0.5) is 0 Å². The molecule has 0 bridgehead atoms. The van der Waals surface area contributed by atoms with Gasteiger partial charge in [-0.1, -0.05) is 74.6 Å². The van der Waals surface area contributed by atoms with E-state index in [0.29, 0.717) is 0 Å². The van der Waals surface area contributed by atoms with E-state index >= 15 is 0 Å². The highest BCUT2D eigenvalue weighted by Gasteiger charge is 2.14. The van der Waals surface area contributed by atoms with Gasteiger partial charge in [0.1, 0.15) is 0 Å². The van der Waals surface area contributed by atoms with Crippen molar-refractivity contribution >= 4 is 10.8 Å². The number of nitrogens with zero attached hydrogens (tertiary/aromatic N) is 2. The number of pyridine rings is 2. The van der Waals surface area contributed by atoms with E-state index < -0.39 is 0 Å². The minimum atomic E-state index is 0.904. The first-order chi connectivity index (χ1) is 16.8. The van der Waals surface area contributed by atoms with Crippen molar-refractivity contribution in [2.75, 3.05) is 0 Å². The lowest BCUT2D eigenvalue weighted by molar-refractivity contribution is 0.828. The summed E-state index contributed by atoms with van der Waals surface area (Å²) in [4.78, 5) is 8.40. The molecule has 0 aliphatic heterocycles. The van der Waals surface area contributed by atoms with Crippen LogP contribution in [0.5, 0.6) is 0 Å². The molecule has 2 aromatic carbocycles. The molecule has 34 heavy (non-hydrogen) atoms. The predicted octanol–water partition coefficient (Wildman–Crippen LogP) is 8.05. The Labute approximate surface area is 203 Å². The van der Waals surface area contributed by atoms with Gasteiger partial charge in [0.25, 0.3) is 0 Å². The van der Waals surface area contributed by atoms with Gasteiger partial charge in [-0.05, 0) is 70.1 Å². The molecule has 2 heteroatoms. The summed E-state index contributed by atoms with van der Waals surface area (Å²) >= 11 is 0. The third-order valence-electron chi connectivity index (χ3n) is 5.92. The number of benzene rings is 2. The van der Waals surface area contributed by atoms with E-state index in [-0.39, 0.29) is 0 Å². The van der Waals surface area contributed by atoms with Crippen LogP contribution in [0.1, 0.15) is 63.5 Å². The minimum absolute atomic E-state index is 0.904. The summed E-state index contributed by atoms with van der Waals surface area (Å²) in [7, 11) is 0. The molecular formula is C32H30N2. The van der Waals surface area contributed by atoms with E-state index in [1.165, 1.54) is 0 Å². The van der Waals surface area contributed by atoms with Crippen LogP contribution in [-0.2, 0) is 0 Å². The van der Waals surface area contributed by atoms with E-state index in [2.05, 4.69) is 96.0 Å². The van der Waals surface area contributed by atoms with Crippen LogP contribution in [0.3, 0.4) is 0 Å². The fraction of sp³-hybridized carbons (Fsp3) is 0.250. The molecule has 2 nitrogen and oxygen atoms in total. The summed E-state index contributed by atoms with van der Waals surface area (Å²) in [6, 6.07) is 17.0. The Morgan fingerprint density at radius 3 is 1.35 bits per heavy atom. The fourth-order valence-corrected chi connectivity index (χ4v) is 4.05. The molecule has 0 radical (unpaired) electrons. The molecule has 0 atom stereocenters. The lowest BCUT2D eigenvalue weighted by Gasteiger charge is -2.13. The second-order valence-corrected chi connectivity index (χ2v) is 8.35. The average Bonchev–Trinajstić information content (AvgIpc) is 2.90. The largest absolute Gasteiger partial charge is 0.265 e. The number of hydrogen-bond donors (Lipinski definition) is 0. The highest BCUT2D eigenvalue weighted by molar-refractivity contribution is 6.01. The normalized spacial score (nSPS) is 10.3. The summed E-state index contributed by atoms with van der Waals surface area (Å²) in [6.45, 7) is 4.40. The van der Waals surface area contributed by atoms with Gasteiger partial charge in [0.2, 0.25) is 0 Å². The molecule has 2 heterocycles. The molecule has 2 aromatic heterocycles. The van der Waals surface area contributed by atoms with E-state index in [1.807, 2.05) is 24.8 Å². The van der Waals surface area contributed by atoms with Gasteiger partial charge in [-0.3, -0.25) is 9.97 Å². The predicted molar refractivity (Wildman–Crippen MR) is 143 cm³/mol. The smallest absolute Gasteiger partial charge is 0.0402 e. The maximum absolute atomic E-state index is 4.20. The summed E-state index contributed by atoms with van der Waals surface area (Å²) < 4.78 is 0. The van der Waals surface area contributed by atoms with Crippen LogP contribution < -0.4 is 0 Å². The molecule has 0 amide bonds. The molecule has 0 aliphatic rings. The third-order valence-corrected chi connectivity index (χ3v) is 5.92. The van der Waals surface area contributed by atoms with Gasteiger partial charge in [0.15, 0.2) is 0 Å². The van der Waals surface area contributed by atoms with Gasteiger partial charge in [-0.25, -0.2) is 0 Å². The summed E-state index contributed by atoms with van der Waals surface area (Å²) in [5.74, 6) is 13.9. The second-order valence-electron chi connectivity index (χ2n) is 8.35. The highest BCUT2D eigenvalue weighted by Crippen LogP contribution is 2.35. The van der Waals surface area contributed by atoms with Gasteiger partial charge in [0, 0.05) is 48.8 Å². The lowest BCUT2D eigenvalue weighted by atomic mass is 9.89. The SMILES string of the molecule is CCCCC#Cc1c(-c2ccncc2)ccc2c(C#CCCCC)c(-c3ccncc3)ccc12. The molecule has 168 valence electrons. The number of rotatable bonds is 6. The third kappa shape index (κ3) is 5.36. The summed E-state index contributed by atoms with van der Waals surface area (Å²) in [5, 5.41) is 2.30. The van der Waals surface area contributed by atoms with Crippen LogP contribution >= 0.6 is 0 Å². The van der Waals surface area contributed by atoms with E-state index in [9.17, 15) is 0 Å². The van der Waals surface area contributed by atoms with Crippen LogP contribution in [0, 0.1) is 23.7 Å². The Morgan fingerprint density at radius 2 is 0.971 bits per heavy atom. The number of fused-ring (bicyclic) bond motifs is 1. The number of unbranched alkanes of at least 4 members (excludes halogenated alkanes) is 4. The van der Waals surface area contributed by atoms with E-state index in [4.69, 9.17) is 0 Å². The zero-order chi connectivity index (χ0) is 23.6. The van der Waals surface area contributed by atoms with Gasteiger partial charge < -0.3 is 0 Å². The Bertz CT molecular complexity index is 1260. The standard InChI is InChI=1S/C32H30N2/c1-3-5-7-9-11-29-27(25-17-21-33-22-18-25)13-16-32-30(12-10-8-6-4-2)28(14-15-31(29)32)26-19-23-34-24-20-26/h13-24H,3-8H2,1-2H3. The number of aromatic nitrogens is 2. The highest BCUT2D eigenvalue weighted by atomic mass is 14.6. The molecule has 0 saturated carbocycles. The van der Waals surface area contributed by atoms with E-state index in [1.54, 1.807) is 0 Å². The Hall–Kier alpha value is -3.88. The molecule has 0 spiro atoms. The summed E-state index contributed by atoms with van der Waals surface area (Å²) in [5.41, 5.74) is 6.67. The van der Waals surface area contributed by atoms with Crippen molar-refractivity contribution in [2.24, 2.45) is 0 Å². The molecule has 0 unspecified atom stereocenters. The monoisotopic (exact) mass is 442 g/mol. The van der Waals surface area contributed by atoms with Crippen molar-refractivity contribution in [1.82, 2.24) is 9.97 Å². The van der Waals surface area contributed by atoms with Crippen LogP contribution in [0.15, 0.2) is 73.3 Å². The Morgan fingerprint density at radius 1 is 0.559 bits per heavy atom. The maximum atomic E-state index is 4.20. The molecule has 0 N–H and O–H groups in total. The molecule has 0 saturated heterocycles. The summed E-state index contributed by atoms with van der Waals surface area (Å²) in [6.07, 6.45) is 13.7. The molecule has 4 rings (SSSR count). The molecule has 0 fully saturated rings. The van der Waals surface area contributed by atoms with Crippen molar-refractivity contribution < 1.29 is 0 Å². The van der Waals surface area contributed by atoms with Crippen molar-refractivity contribution in [3.63, 3.8) is 0 Å². The van der Waals surface area contributed by atoms with Crippen molar-refractivity contribution in [1.29, 1.82) is 0 Å². The Kier molecular flexibility index (Phi) is 8.10. The lowest BCUT2D eigenvalue weighted by Crippen LogP contribution is -1.93. The fourth-order valence-electron chi connectivity index (χ4n) is 4.05. The maximum Gasteiger partial charge on any atom is 0.0402 e. The van der Waals surface area contributed by atoms with Crippen LogP contribution in [0.2, 0.25) is 0 Å². The first-order valence-electron chi connectivity index (χ1n) is 12.2. The molecular weight excluding hydrogens is 412 g/mol. The first-order valence-corrected chi connectivity index (χ1v) is 12.2. The zero-order valence-electron chi connectivity index (χ0n) is 20.1. The van der Waals surface area contributed by atoms with E-state index in [0.717, 1.165) is 82.7 Å². The topological polar surface area (TPSA) is 25.8 Å². The average molecular weight is 443 g/mol. The minimum Gasteiger partial charge on any atom is -0.265 e. The molecule has 4 aromatic rings. The van der Waals surface area contributed by atoms with Gasteiger partial charge in [0.05, 0.1) is 0 Å². The van der Waals surface area contributed by atoms with Gasteiger partial charge >= 0.3 is 0 Å². The van der Waals surface area contributed by atoms with Gasteiger partial charge in [-0.2, -0.15) is 0 Å². The van der Waals surface area contributed by atoms with Crippen LogP contribution in [0.25, 0.3) is 33.0 Å². The van der Waals surface area contributed by atoms with Crippen LogP contribution in [-0.4, -0.2) is 9.97 Å². The van der Waals surface area contributed by atoms with Crippen molar-refractivity contribution in [2.45, 2.75) is 52.4 Å². The Balaban J connectivity index is 1.96. The second kappa shape index (κ2) is 11.8. The zero-order valence-corrected chi connectivity index (χ0v) is 20.1. The first kappa shape index (κ1) is 23.3. The molecule has 0 aliphatic carbocycles. The van der Waals surface area contributed by atoms with Gasteiger partial charge in [-0.15, -0.1) is 0 Å². The quantitative estimate of drug-likeness (QED) is 0.223. The number of hydrogen-bond acceptors (Lipinski definition) is 2. The van der Waals surface area contributed by atoms with Crippen molar-refractivity contribution in [3.05, 3.63) is 84.4 Å². The van der Waals surface area contributed by atoms with Crippen molar-refractivity contribution in [3.8, 4) is 45.9 Å².